The molecule has 0 aliphatic rings. The number of Topliss-reactive ketones (excluding diaryl/α,β-unsaturated/α-hetero) is 1. The first-order chi connectivity index (χ1) is 24.2. The molecule has 0 fully saturated rings. The second-order valence-corrected chi connectivity index (χ2v) is 17.4. The molecule has 4 aromatic rings. The van der Waals surface area contributed by atoms with E-state index in [9.17, 15) is 34.2 Å². The molecule has 4 N–H and O–H groups in total. The molecule has 0 bridgehead atoms. The Kier molecular flexibility index (Phi) is 18.8. The smallest absolute Gasteiger partial charge is 0.366 e. The summed E-state index contributed by atoms with van der Waals surface area (Å²) in [5.74, 6) is -1.62. The van der Waals surface area contributed by atoms with E-state index in [-0.39, 0.29) is 23.4 Å². The summed E-state index contributed by atoms with van der Waals surface area (Å²) in [6, 6.07) is 25.9. The second kappa shape index (κ2) is 20.3. The highest BCUT2D eigenvalue weighted by atomic mass is 35.6. The number of carbonyl (C=O) groups is 2. The highest BCUT2D eigenvalue weighted by Crippen LogP contribution is 2.45. The second-order valence-electron chi connectivity index (χ2n) is 9.51. The average Bonchev–Trinajstić information content (AvgIpc) is 3.11. The van der Waals surface area contributed by atoms with Crippen LogP contribution in [0.2, 0.25) is 0 Å². The van der Waals surface area contributed by atoms with Gasteiger partial charge in [0.25, 0.3) is 9.70 Å². The number of amides is 1. The van der Waals surface area contributed by atoms with Crippen molar-refractivity contribution in [3.8, 4) is 6.07 Å². The lowest BCUT2D eigenvalue weighted by atomic mass is 9.95. The lowest BCUT2D eigenvalue weighted by Gasteiger charge is -2.31. The van der Waals surface area contributed by atoms with Crippen molar-refractivity contribution >= 4 is 151 Å². The number of nitrogens with zero attached hydrogens (tertiary/aromatic N) is 4. The zero-order valence-corrected chi connectivity index (χ0v) is 34.6. The van der Waals surface area contributed by atoms with Crippen molar-refractivity contribution in [1.82, 2.24) is 12.3 Å². The molecule has 0 aliphatic heterocycles. The summed E-state index contributed by atoms with van der Waals surface area (Å²) in [6.45, 7) is 0. The van der Waals surface area contributed by atoms with Crippen LogP contribution < -0.4 is 22.8 Å². The molecule has 1 amide bonds. The molecular weight excluding hydrogens is 956 g/mol. The first-order valence-electron chi connectivity index (χ1n) is 13.3. The van der Waals surface area contributed by atoms with Crippen LogP contribution >= 0.6 is 140 Å². The Bertz CT molecular complexity index is 1980. The van der Waals surface area contributed by atoms with Gasteiger partial charge in [-0.2, -0.15) is 5.26 Å². The normalized spacial score (nSPS) is 13.5. The Morgan fingerprint density at radius 2 is 0.906 bits per heavy atom. The van der Waals surface area contributed by atoms with Crippen molar-refractivity contribution in [3.63, 3.8) is 0 Å². The summed E-state index contributed by atoms with van der Waals surface area (Å²) >= 11 is 64.8. The number of ketones is 1. The minimum atomic E-state index is -2.33. The Balaban J connectivity index is 0.000000355. The van der Waals surface area contributed by atoms with Gasteiger partial charge in [-0.25, -0.2) is 14.4 Å². The van der Waals surface area contributed by atoms with Gasteiger partial charge >= 0.3 is 17.1 Å². The number of rotatable bonds is 4. The summed E-state index contributed by atoms with van der Waals surface area (Å²) in [7, 11) is 0. The Morgan fingerprint density at radius 3 is 1.17 bits per heavy atom. The van der Waals surface area contributed by atoms with Crippen molar-refractivity contribution in [3.05, 3.63) is 139 Å². The maximum Gasteiger partial charge on any atom is 0.366 e. The molecule has 24 heteroatoms. The number of aromatic nitrogens is 3. The molecule has 0 aliphatic carbocycles. The van der Waals surface area contributed by atoms with Crippen molar-refractivity contribution < 1.29 is 19.8 Å². The van der Waals surface area contributed by atoms with Gasteiger partial charge in [0.1, 0.15) is 6.07 Å². The molecule has 0 spiro atoms. The van der Waals surface area contributed by atoms with E-state index in [0.717, 1.165) is 0 Å². The standard InChI is InChI=1S/C9H8Cl3NO2.C9H6Cl3NO.C8H5Cl3O.C3Cl3N3O3/c10-9(11,12)8(15,7(13)14)6-4-2-1-3-5-6;10-9(11,12)8(14,6-13)7-4-2-1-3-5-7;9-8(10,11)7(12)6-4-2-1-3-5-6;4-7-1(10)8(5)3(12)9(6)2(7)11/h1-5,15H,(H2,13,14);1-5,14H;1-5H;. The Hall–Kier alpha value is -1.90. The predicted octanol–water partition coefficient (Wildman–Crippen LogP) is 6.91. The molecule has 0 radical (unpaired) electrons. The highest BCUT2D eigenvalue weighted by molar-refractivity contribution is 6.77. The van der Waals surface area contributed by atoms with Gasteiger partial charge < -0.3 is 15.9 Å². The van der Waals surface area contributed by atoms with E-state index in [1.807, 2.05) is 0 Å². The topological polar surface area (TPSA) is 190 Å². The fourth-order valence-corrected chi connectivity index (χ4v) is 5.28. The number of nitriles is 1. The highest BCUT2D eigenvalue weighted by Gasteiger charge is 2.53. The molecule has 4 rings (SSSR count). The van der Waals surface area contributed by atoms with E-state index in [1.165, 1.54) is 24.3 Å². The number of halogens is 12. The average molecular weight is 975 g/mol. The number of hydrogen-bond donors (Lipinski definition) is 3. The van der Waals surface area contributed by atoms with Gasteiger partial charge in [-0.15, -0.1) is 12.3 Å². The van der Waals surface area contributed by atoms with Crippen LogP contribution in [0, 0.1) is 11.3 Å². The summed E-state index contributed by atoms with van der Waals surface area (Å²) < 4.78 is -5.91. The largest absolute Gasteiger partial charge is 0.372 e. The first kappa shape index (κ1) is 49.1. The molecule has 53 heavy (non-hydrogen) atoms. The van der Waals surface area contributed by atoms with Crippen molar-refractivity contribution in [2.45, 2.75) is 22.6 Å². The minimum Gasteiger partial charge on any atom is -0.372 e. The summed E-state index contributed by atoms with van der Waals surface area (Å²) in [6.07, 6.45) is 0. The van der Waals surface area contributed by atoms with E-state index in [0.29, 0.717) is 5.56 Å². The van der Waals surface area contributed by atoms with Crippen LogP contribution in [-0.2, 0) is 16.0 Å². The zero-order valence-electron chi connectivity index (χ0n) is 25.5. The number of hydrogen-bond acceptors (Lipinski definition) is 8. The monoisotopic (exact) mass is 969 g/mol. The number of alkyl halides is 9. The number of benzene rings is 3. The molecule has 0 saturated heterocycles. The van der Waals surface area contributed by atoms with Gasteiger partial charge in [0.15, 0.2) is 0 Å². The Morgan fingerprint density at radius 1 is 0.585 bits per heavy atom. The number of carbonyl (C=O) groups excluding carboxylic acids is 2. The van der Waals surface area contributed by atoms with Gasteiger partial charge in [0.05, 0.1) is 0 Å². The van der Waals surface area contributed by atoms with Gasteiger partial charge in [-0.3, -0.25) is 9.59 Å². The number of aliphatic hydroxyl groups is 2. The third kappa shape index (κ3) is 12.8. The third-order valence-electron chi connectivity index (χ3n) is 6.02. The van der Waals surface area contributed by atoms with Crippen LogP contribution in [0.25, 0.3) is 0 Å². The molecule has 2 unspecified atom stereocenters. The van der Waals surface area contributed by atoms with Crippen LogP contribution in [0.1, 0.15) is 21.5 Å². The van der Waals surface area contributed by atoms with Crippen LogP contribution in [0.4, 0.5) is 0 Å². The predicted molar refractivity (Wildman–Crippen MR) is 210 cm³/mol. The number of nitrogens with two attached hydrogens (primary N) is 1. The lowest BCUT2D eigenvalue weighted by Crippen LogP contribution is -2.51. The van der Waals surface area contributed by atoms with Crippen LogP contribution in [0.15, 0.2) is 105 Å². The lowest BCUT2D eigenvalue weighted by molar-refractivity contribution is -0.136. The van der Waals surface area contributed by atoms with E-state index in [2.05, 4.69) is 0 Å². The Labute approximate surface area is 359 Å². The van der Waals surface area contributed by atoms with Gasteiger partial charge in [-0.1, -0.05) is 195 Å². The van der Waals surface area contributed by atoms with Crippen molar-refractivity contribution in [2.75, 3.05) is 0 Å². The molecule has 1 heterocycles. The molecule has 0 saturated carbocycles. The van der Waals surface area contributed by atoms with E-state index < -0.39 is 51.3 Å². The fourth-order valence-electron chi connectivity index (χ4n) is 3.33. The van der Waals surface area contributed by atoms with Crippen molar-refractivity contribution in [1.29, 1.82) is 5.26 Å². The van der Waals surface area contributed by atoms with Gasteiger partial charge in [-0.05, 0) is 5.56 Å². The van der Waals surface area contributed by atoms with Crippen LogP contribution in [-0.4, -0.2) is 45.5 Å². The minimum absolute atomic E-state index is 0.0847. The van der Waals surface area contributed by atoms with Gasteiger partial charge in [0, 0.05) is 46.5 Å². The molecule has 12 nitrogen and oxygen atoms in total. The third-order valence-corrected chi connectivity index (χ3v) is 9.05. The summed E-state index contributed by atoms with van der Waals surface area (Å²) in [5.41, 5.74) is -2.11. The zero-order chi connectivity index (χ0) is 41.2. The van der Waals surface area contributed by atoms with Crippen LogP contribution in [0.3, 0.4) is 0 Å². The van der Waals surface area contributed by atoms with Crippen molar-refractivity contribution in [2.24, 2.45) is 5.73 Å². The van der Waals surface area contributed by atoms with Gasteiger partial charge in [0.2, 0.25) is 24.6 Å². The maximum absolute atomic E-state index is 11.3. The van der Waals surface area contributed by atoms with E-state index in [4.69, 9.17) is 151 Å². The molecule has 2 atom stereocenters. The van der Waals surface area contributed by atoms with E-state index >= 15 is 0 Å². The SMILES string of the molecule is N#CC(O)(c1ccccc1)C(Cl)(Cl)Cl.NC(=O)C(O)(c1ccccc1)C(Cl)(Cl)Cl.O=C(c1ccccc1)C(Cl)(Cl)Cl.O=c1n(Cl)c(=O)n(Cl)c(=O)n1Cl. The summed E-state index contributed by atoms with van der Waals surface area (Å²) in [4.78, 5) is 54.7. The number of primary amides is 1. The van der Waals surface area contributed by atoms with Crippen LogP contribution in [0.5, 0.6) is 0 Å². The quantitative estimate of drug-likeness (QED) is 0.112. The first-order valence-corrected chi connectivity index (χ1v) is 17.7. The molecule has 3 aromatic carbocycles. The summed E-state index contributed by atoms with van der Waals surface area (Å²) in [5, 5.41) is 28.7. The molecular formula is C29H19Cl12N5O7. The van der Waals surface area contributed by atoms with E-state index in [1.54, 1.807) is 72.8 Å². The molecule has 286 valence electrons. The fraction of sp³-hybridized carbons (Fsp3) is 0.172. The maximum atomic E-state index is 11.3. The molecule has 1 aromatic heterocycles.